The second-order valence-electron chi connectivity index (χ2n) is 7.07. The Morgan fingerprint density at radius 3 is 1.88 bits per heavy atom. The van der Waals surface area contributed by atoms with E-state index >= 15 is 0 Å². The van der Waals surface area contributed by atoms with E-state index in [4.69, 9.17) is 9.47 Å². The molecule has 180 valence electrons. The van der Waals surface area contributed by atoms with Crippen molar-refractivity contribution in [3.8, 4) is 0 Å². The summed E-state index contributed by atoms with van der Waals surface area (Å²) in [6.45, 7) is 4.07. The average Bonchev–Trinajstić information content (AvgIpc) is 2.76. The number of ether oxygens (including phenoxy) is 2. The number of hydrogen-bond donors (Lipinski definition) is 2. The zero-order valence-electron chi connectivity index (χ0n) is 19.7. The van der Waals surface area contributed by atoms with Crippen LogP contribution in [0.1, 0.15) is 71.6 Å². The van der Waals surface area contributed by atoms with Crippen LogP contribution in [0.25, 0.3) is 0 Å². The van der Waals surface area contributed by atoms with Crippen LogP contribution in [0.4, 0.5) is 4.79 Å². The third kappa shape index (κ3) is 22.5. The summed E-state index contributed by atoms with van der Waals surface area (Å²) in [4.78, 5) is 23.1. The number of carbonyl (C=O) groups is 2. The van der Waals surface area contributed by atoms with Gasteiger partial charge in [0.2, 0.25) is 6.29 Å². The fourth-order valence-electron chi connectivity index (χ4n) is 2.52. The summed E-state index contributed by atoms with van der Waals surface area (Å²) in [5.74, 6) is 0.157. The van der Waals surface area contributed by atoms with Gasteiger partial charge in [-0.2, -0.15) is 12.6 Å². The van der Waals surface area contributed by atoms with Crippen molar-refractivity contribution in [1.82, 2.24) is 5.32 Å². The van der Waals surface area contributed by atoms with Crippen LogP contribution in [0.5, 0.6) is 0 Å². The summed E-state index contributed by atoms with van der Waals surface area (Å²) in [6.07, 6.45) is 28.1. The molecule has 0 bridgehead atoms. The van der Waals surface area contributed by atoms with Gasteiger partial charge in [0.15, 0.2) is 0 Å². The van der Waals surface area contributed by atoms with E-state index in [0.717, 1.165) is 51.4 Å². The minimum atomic E-state index is -0.895. The number of unbranched alkanes of at least 4 members (excludes halogenated alkanes) is 2. The summed E-state index contributed by atoms with van der Waals surface area (Å²) in [7, 11) is 0. The molecule has 0 aromatic rings. The van der Waals surface area contributed by atoms with Crippen LogP contribution in [0.3, 0.4) is 0 Å². The zero-order valence-corrected chi connectivity index (χ0v) is 20.6. The Bertz CT molecular complexity index is 623. The smallest absolute Gasteiger partial charge is 0.410 e. The highest BCUT2D eigenvalue weighted by atomic mass is 32.1. The second-order valence-corrected chi connectivity index (χ2v) is 7.51. The summed E-state index contributed by atoms with van der Waals surface area (Å²) in [5.41, 5.74) is 0. The first kappa shape index (κ1) is 29.8. The van der Waals surface area contributed by atoms with E-state index in [1.807, 2.05) is 0 Å². The maximum atomic E-state index is 11.7. The normalized spacial score (nSPS) is 13.1. The number of rotatable bonds is 18. The molecular weight excluding hydrogens is 422 g/mol. The molecule has 1 unspecified atom stereocenters. The first-order valence-electron chi connectivity index (χ1n) is 11.6. The van der Waals surface area contributed by atoms with Crippen LogP contribution < -0.4 is 5.32 Å². The number of alkyl carbamates (subject to hydrolysis) is 1. The van der Waals surface area contributed by atoms with Gasteiger partial charge in [-0.15, -0.1) is 0 Å². The molecule has 0 heterocycles. The van der Waals surface area contributed by atoms with Crippen molar-refractivity contribution >= 4 is 24.7 Å². The molecule has 6 heteroatoms. The number of thiol groups is 1. The summed E-state index contributed by atoms with van der Waals surface area (Å²) in [5, 5.41) is 2.49. The molecule has 0 spiro atoms. The first-order valence-corrected chi connectivity index (χ1v) is 12.2. The Kier molecular flexibility index (Phi) is 21.8. The van der Waals surface area contributed by atoms with Gasteiger partial charge >= 0.3 is 12.1 Å². The van der Waals surface area contributed by atoms with Crippen molar-refractivity contribution in [2.75, 3.05) is 12.3 Å². The molecule has 0 aliphatic heterocycles. The molecule has 0 aliphatic rings. The minimum absolute atomic E-state index is 0.316. The van der Waals surface area contributed by atoms with Gasteiger partial charge in [0, 0.05) is 25.6 Å². The average molecular weight is 464 g/mol. The summed E-state index contributed by atoms with van der Waals surface area (Å²) in [6, 6.07) is 0. The van der Waals surface area contributed by atoms with E-state index in [1.54, 1.807) is 0 Å². The minimum Gasteiger partial charge on any atom is -0.425 e. The van der Waals surface area contributed by atoms with E-state index in [9.17, 15) is 9.59 Å². The molecule has 0 rings (SSSR count). The second kappa shape index (κ2) is 23.5. The monoisotopic (exact) mass is 463 g/mol. The van der Waals surface area contributed by atoms with E-state index in [2.05, 4.69) is 85.6 Å². The Hall–Kier alpha value is -2.21. The molecule has 0 aromatic carbocycles. The summed E-state index contributed by atoms with van der Waals surface area (Å²) < 4.78 is 9.96. The van der Waals surface area contributed by atoms with Gasteiger partial charge in [-0.25, -0.2) is 4.79 Å². The predicted molar refractivity (Wildman–Crippen MR) is 137 cm³/mol. The van der Waals surface area contributed by atoms with E-state index in [1.165, 1.54) is 6.92 Å². The van der Waals surface area contributed by atoms with Crippen LogP contribution in [0.2, 0.25) is 0 Å². The van der Waals surface area contributed by atoms with Crippen molar-refractivity contribution < 1.29 is 19.1 Å². The lowest BCUT2D eigenvalue weighted by Crippen LogP contribution is -2.31. The largest absolute Gasteiger partial charge is 0.425 e. The lowest BCUT2D eigenvalue weighted by atomic mass is 10.2. The molecule has 5 nitrogen and oxygen atoms in total. The highest BCUT2D eigenvalue weighted by molar-refractivity contribution is 7.80. The van der Waals surface area contributed by atoms with Crippen molar-refractivity contribution in [3.63, 3.8) is 0 Å². The molecular formula is C26H41NO4S. The Balaban J connectivity index is 3.63. The van der Waals surface area contributed by atoms with Crippen molar-refractivity contribution in [2.24, 2.45) is 0 Å². The Labute approximate surface area is 200 Å². The molecule has 1 atom stereocenters. The molecule has 0 fully saturated rings. The molecule has 0 saturated carbocycles. The molecule has 0 radical (unpaired) electrons. The lowest BCUT2D eigenvalue weighted by Gasteiger charge is -2.14. The SMILES string of the molecule is CC/C=C\C/C=C\C/C=C\C/C=C\C/C=C\CCCCC(=O)OC(C)OC(=O)NCCS. The Morgan fingerprint density at radius 2 is 1.34 bits per heavy atom. The van der Waals surface area contributed by atoms with Crippen LogP contribution in [0.15, 0.2) is 60.8 Å². The standard InChI is InChI=1S/C26H41NO4S/c1-3-4-5-6-7-8-9-10-11-12-13-14-15-16-17-18-19-20-21-25(28)30-24(2)31-26(29)27-22-23-32/h4-5,7-8,10-11,13-14,16-17,24,32H,3,6,9,12,15,18-23H2,1-2H3,(H,27,29)/b5-4-,8-7-,11-10-,14-13-,17-16-. The van der Waals surface area contributed by atoms with Gasteiger partial charge < -0.3 is 14.8 Å². The number of esters is 1. The van der Waals surface area contributed by atoms with Crippen molar-refractivity contribution in [2.45, 2.75) is 77.9 Å². The fourth-order valence-corrected chi connectivity index (χ4v) is 2.63. The number of allylic oxidation sites excluding steroid dienone is 10. The van der Waals surface area contributed by atoms with Gasteiger partial charge in [0.1, 0.15) is 0 Å². The van der Waals surface area contributed by atoms with E-state index < -0.39 is 12.4 Å². The first-order chi connectivity index (χ1) is 15.6. The van der Waals surface area contributed by atoms with Crippen LogP contribution in [0, 0.1) is 0 Å². The van der Waals surface area contributed by atoms with Crippen molar-refractivity contribution in [1.29, 1.82) is 0 Å². The molecule has 0 aromatic heterocycles. The van der Waals surface area contributed by atoms with Crippen LogP contribution in [-0.4, -0.2) is 30.7 Å². The maximum absolute atomic E-state index is 11.7. The third-order valence-corrected chi connectivity index (χ3v) is 4.33. The van der Waals surface area contributed by atoms with Crippen LogP contribution in [-0.2, 0) is 14.3 Å². The molecule has 1 amide bonds. The molecule has 32 heavy (non-hydrogen) atoms. The number of amides is 1. The highest BCUT2D eigenvalue weighted by Gasteiger charge is 2.13. The van der Waals surface area contributed by atoms with Gasteiger partial charge in [-0.05, 0) is 51.4 Å². The number of hydrogen-bond acceptors (Lipinski definition) is 5. The fraction of sp³-hybridized carbons (Fsp3) is 0.538. The third-order valence-electron chi connectivity index (χ3n) is 4.11. The molecule has 0 saturated heterocycles. The number of nitrogens with one attached hydrogen (secondary N) is 1. The van der Waals surface area contributed by atoms with E-state index in [-0.39, 0.29) is 5.97 Å². The topological polar surface area (TPSA) is 64.6 Å². The predicted octanol–water partition coefficient (Wildman–Crippen LogP) is 6.84. The maximum Gasteiger partial charge on any atom is 0.410 e. The highest BCUT2D eigenvalue weighted by Crippen LogP contribution is 2.05. The van der Waals surface area contributed by atoms with E-state index in [0.29, 0.717) is 18.7 Å². The van der Waals surface area contributed by atoms with Gasteiger partial charge in [0.05, 0.1) is 0 Å². The Morgan fingerprint density at radius 1 is 0.812 bits per heavy atom. The summed E-state index contributed by atoms with van der Waals surface area (Å²) >= 11 is 3.98. The number of carbonyl (C=O) groups excluding carboxylic acids is 2. The lowest BCUT2D eigenvalue weighted by molar-refractivity contribution is -0.164. The van der Waals surface area contributed by atoms with Gasteiger partial charge in [-0.1, -0.05) is 67.7 Å². The van der Waals surface area contributed by atoms with Gasteiger partial charge in [0.25, 0.3) is 0 Å². The van der Waals surface area contributed by atoms with Crippen molar-refractivity contribution in [3.05, 3.63) is 60.8 Å². The van der Waals surface area contributed by atoms with Crippen LogP contribution >= 0.6 is 12.6 Å². The quantitative estimate of drug-likeness (QED) is 0.0767. The van der Waals surface area contributed by atoms with Gasteiger partial charge in [-0.3, -0.25) is 4.79 Å². The zero-order chi connectivity index (χ0) is 23.7. The molecule has 1 N–H and O–H groups in total. The molecule has 0 aliphatic carbocycles.